The molecule has 1 unspecified atom stereocenters. The number of methoxy groups -OCH3 is 1. The number of ketones is 1. The number of carbonyl (C=O) groups excluding carboxylic acids is 2. The molecule has 3 aromatic carbocycles. The van der Waals surface area contributed by atoms with Crippen molar-refractivity contribution in [3.8, 4) is 11.5 Å². The van der Waals surface area contributed by atoms with E-state index in [1.165, 1.54) is 12.1 Å². The van der Waals surface area contributed by atoms with Crippen molar-refractivity contribution in [3.63, 3.8) is 0 Å². The number of piperidine rings is 1. The predicted molar refractivity (Wildman–Crippen MR) is 178 cm³/mol. The van der Waals surface area contributed by atoms with Crippen molar-refractivity contribution in [2.75, 3.05) is 65.4 Å². The van der Waals surface area contributed by atoms with Gasteiger partial charge >= 0.3 is 0 Å². The first-order valence-electron chi connectivity index (χ1n) is 15.9. The summed E-state index contributed by atoms with van der Waals surface area (Å²) in [5, 5.41) is -0.428. The molecule has 0 N–H and O–H groups in total. The number of hydrogen-bond acceptors (Lipinski definition) is 7. The molecule has 0 bridgehead atoms. The molecule has 1 fully saturated rings. The van der Waals surface area contributed by atoms with Gasteiger partial charge in [-0.2, -0.15) is 0 Å². The lowest BCUT2D eigenvalue weighted by Gasteiger charge is -2.34. The molecule has 0 aromatic heterocycles. The molecule has 0 spiro atoms. The van der Waals surface area contributed by atoms with Crippen LogP contribution < -0.4 is 14.4 Å². The predicted octanol–water partition coefficient (Wildman–Crippen LogP) is 6.72. The van der Waals surface area contributed by atoms with E-state index < -0.39 is 5.25 Å². The summed E-state index contributed by atoms with van der Waals surface area (Å²) in [7, 11) is 5.74. The Kier molecular flexibility index (Phi) is 11.5. The molecular weight excluding hydrogens is 589 g/mol. The van der Waals surface area contributed by atoms with Crippen LogP contribution >= 0.6 is 11.8 Å². The minimum atomic E-state index is -0.428. The topological polar surface area (TPSA) is 62.3 Å². The maximum absolute atomic E-state index is 14.0. The summed E-state index contributed by atoms with van der Waals surface area (Å²) in [5.41, 5.74) is 2.40. The molecule has 1 atom stereocenters. The number of ether oxygens (including phenoxy) is 2. The Labute approximate surface area is 270 Å². The third-order valence-electron chi connectivity index (χ3n) is 8.59. The number of fused-ring (bicyclic) bond motifs is 1. The van der Waals surface area contributed by atoms with E-state index in [4.69, 9.17) is 9.47 Å². The molecule has 2 aliphatic rings. The summed E-state index contributed by atoms with van der Waals surface area (Å²) in [4.78, 5) is 34.4. The van der Waals surface area contributed by atoms with E-state index >= 15 is 0 Å². The van der Waals surface area contributed by atoms with Crippen molar-refractivity contribution < 1.29 is 23.5 Å². The zero-order valence-electron chi connectivity index (χ0n) is 26.5. The quantitative estimate of drug-likeness (QED) is 0.144. The highest BCUT2D eigenvalue weighted by atomic mass is 32.2. The molecular formula is C36H44FN3O4S. The molecule has 5 rings (SSSR count). The van der Waals surface area contributed by atoms with Gasteiger partial charge in [-0.1, -0.05) is 12.1 Å². The number of likely N-dealkylation sites (tertiary alicyclic amines) is 1. The second-order valence-corrected chi connectivity index (χ2v) is 13.2. The van der Waals surface area contributed by atoms with Crippen LogP contribution in [0.3, 0.4) is 0 Å². The zero-order chi connectivity index (χ0) is 31.8. The summed E-state index contributed by atoms with van der Waals surface area (Å²) in [6.45, 7) is 4.83. The number of para-hydroxylation sites is 1. The third kappa shape index (κ3) is 8.45. The van der Waals surface area contributed by atoms with Crippen LogP contribution in [0.4, 0.5) is 10.1 Å². The number of nitrogens with zero attached hydrogens (tertiary/aromatic N) is 3. The molecule has 240 valence electrons. The Hall–Kier alpha value is -3.40. The fourth-order valence-corrected chi connectivity index (χ4v) is 7.32. The smallest absolute Gasteiger partial charge is 0.245 e. The summed E-state index contributed by atoms with van der Waals surface area (Å²) >= 11 is 1.57. The van der Waals surface area contributed by atoms with Gasteiger partial charge in [0.2, 0.25) is 5.91 Å². The lowest BCUT2D eigenvalue weighted by Crippen LogP contribution is -2.39. The van der Waals surface area contributed by atoms with Crippen LogP contribution in [-0.2, 0) is 4.79 Å². The van der Waals surface area contributed by atoms with Gasteiger partial charge in [-0.3, -0.25) is 9.59 Å². The summed E-state index contributed by atoms with van der Waals surface area (Å²) < 4.78 is 25.1. The van der Waals surface area contributed by atoms with Crippen molar-refractivity contribution in [1.29, 1.82) is 0 Å². The highest BCUT2D eigenvalue weighted by Gasteiger charge is 2.36. The number of rotatable bonds is 14. The first kappa shape index (κ1) is 33.0. The normalized spacial score (nSPS) is 17.4. The van der Waals surface area contributed by atoms with Gasteiger partial charge in [0.1, 0.15) is 22.6 Å². The van der Waals surface area contributed by atoms with Gasteiger partial charge in [-0.15, -0.1) is 11.8 Å². The molecule has 45 heavy (non-hydrogen) atoms. The number of hydrogen-bond donors (Lipinski definition) is 0. The first-order chi connectivity index (χ1) is 21.8. The number of unbranched alkanes of at least 4 members (excludes halogenated alkanes) is 1. The average Bonchev–Trinajstić information content (AvgIpc) is 3.05. The number of halogens is 1. The lowest BCUT2D eigenvalue weighted by atomic mass is 9.89. The fourth-order valence-electron chi connectivity index (χ4n) is 6.07. The van der Waals surface area contributed by atoms with Crippen molar-refractivity contribution in [2.24, 2.45) is 5.92 Å². The average molecular weight is 634 g/mol. The van der Waals surface area contributed by atoms with E-state index in [2.05, 4.69) is 15.9 Å². The standard InChI is InChI=1S/C36H44FN3O4S/c1-38(2)19-8-21-40-31-9-4-5-10-33(31)45-35(36(40)42)30-25-29(43-3)15-16-32(30)44-24-7-6-20-39-22-17-27(18-23-39)34(41)26-11-13-28(37)14-12-26/h4-5,9-16,25,27,35H,6-8,17-24H2,1-3H3. The summed E-state index contributed by atoms with van der Waals surface area (Å²) in [6.07, 6.45) is 4.39. The molecule has 0 radical (unpaired) electrons. The third-order valence-corrected chi connectivity index (χ3v) is 9.88. The van der Waals surface area contributed by atoms with Crippen LogP contribution in [0, 0.1) is 11.7 Å². The Morgan fingerprint density at radius 1 is 0.978 bits per heavy atom. The van der Waals surface area contributed by atoms with E-state index in [0.29, 0.717) is 24.5 Å². The molecule has 3 aromatic rings. The van der Waals surface area contributed by atoms with Gasteiger partial charge in [0, 0.05) is 28.5 Å². The number of anilines is 1. The monoisotopic (exact) mass is 633 g/mol. The van der Waals surface area contributed by atoms with Crippen LogP contribution in [0.15, 0.2) is 71.6 Å². The van der Waals surface area contributed by atoms with Gasteiger partial charge in [-0.05, 0) is 127 Å². The van der Waals surface area contributed by atoms with Gasteiger partial charge in [0.05, 0.1) is 19.4 Å². The van der Waals surface area contributed by atoms with Crippen molar-refractivity contribution in [2.45, 2.75) is 42.2 Å². The van der Waals surface area contributed by atoms with Crippen LogP contribution in [-0.4, -0.2) is 82.0 Å². The van der Waals surface area contributed by atoms with Crippen LogP contribution in [0.2, 0.25) is 0 Å². The Balaban J connectivity index is 1.15. The van der Waals surface area contributed by atoms with Crippen LogP contribution in [0.5, 0.6) is 11.5 Å². The van der Waals surface area contributed by atoms with Crippen molar-refractivity contribution in [3.05, 3.63) is 83.7 Å². The minimum absolute atomic E-state index is 0.000205. The molecule has 0 aliphatic carbocycles. The maximum atomic E-state index is 14.0. The fraction of sp³-hybridized carbons (Fsp3) is 0.444. The maximum Gasteiger partial charge on any atom is 0.245 e. The number of amides is 1. The zero-order valence-corrected chi connectivity index (χ0v) is 27.4. The van der Waals surface area contributed by atoms with Crippen molar-refractivity contribution in [1.82, 2.24) is 9.80 Å². The second kappa shape index (κ2) is 15.7. The molecule has 0 saturated carbocycles. The molecule has 2 aliphatic heterocycles. The largest absolute Gasteiger partial charge is 0.497 e. The number of benzene rings is 3. The Bertz CT molecular complexity index is 1440. The van der Waals surface area contributed by atoms with Gasteiger partial charge in [0.25, 0.3) is 0 Å². The molecule has 1 saturated heterocycles. The number of carbonyl (C=O) groups is 2. The highest BCUT2D eigenvalue weighted by molar-refractivity contribution is 8.00. The first-order valence-corrected chi connectivity index (χ1v) is 16.8. The highest BCUT2D eigenvalue weighted by Crippen LogP contribution is 2.49. The Morgan fingerprint density at radius 3 is 2.47 bits per heavy atom. The van der Waals surface area contributed by atoms with E-state index in [9.17, 15) is 14.0 Å². The number of thioether (sulfide) groups is 1. The van der Waals surface area contributed by atoms with E-state index in [1.807, 2.05) is 55.4 Å². The minimum Gasteiger partial charge on any atom is -0.497 e. The Morgan fingerprint density at radius 2 is 1.73 bits per heavy atom. The van der Waals surface area contributed by atoms with Crippen LogP contribution in [0.1, 0.15) is 53.3 Å². The summed E-state index contributed by atoms with van der Waals surface area (Å²) in [6, 6.07) is 19.7. The van der Waals surface area contributed by atoms with Gasteiger partial charge in [0.15, 0.2) is 5.78 Å². The molecule has 7 nitrogen and oxygen atoms in total. The van der Waals surface area contributed by atoms with E-state index in [0.717, 1.165) is 80.2 Å². The SMILES string of the molecule is COc1ccc(OCCCCN2CCC(C(=O)c3ccc(F)cc3)CC2)c(C2Sc3ccccc3N(CCCN(C)C)C2=O)c1. The number of Topliss-reactive ketones (excluding diaryl/α,β-unsaturated/α-hetero) is 1. The molecule has 9 heteroatoms. The lowest BCUT2D eigenvalue weighted by molar-refractivity contribution is -0.118. The molecule has 1 amide bonds. The van der Waals surface area contributed by atoms with Gasteiger partial charge in [-0.25, -0.2) is 4.39 Å². The van der Waals surface area contributed by atoms with E-state index in [-0.39, 0.29) is 23.4 Å². The van der Waals surface area contributed by atoms with E-state index in [1.54, 1.807) is 31.0 Å². The van der Waals surface area contributed by atoms with Crippen molar-refractivity contribution >= 4 is 29.1 Å². The van der Waals surface area contributed by atoms with Crippen LogP contribution in [0.25, 0.3) is 0 Å². The second-order valence-electron chi connectivity index (χ2n) is 12.1. The van der Waals surface area contributed by atoms with Gasteiger partial charge < -0.3 is 24.2 Å². The summed E-state index contributed by atoms with van der Waals surface area (Å²) in [5.74, 6) is 1.28. The molecule has 2 heterocycles.